The topological polar surface area (TPSA) is 39.1 Å². The average molecular weight is 207 g/mol. The SMILES string of the molecule is N#CCN1CCCC(NC2CCCC2)C1. The lowest BCUT2D eigenvalue weighted by atomic mass is 10.0. The van der Waals surface area contributed by atoms with E-state index in [0.717, 1.165) is 19.1 Å². The van der Waals surface area contributed by atoms with E-state index in [9.17, 15) is 0 Å². The number of nitrogens with zero attached hydrogens (tertiary/aromatic N) is 2. The van der Waals surface area contributed by atoms with Crippen LogP contribution in [0.15, 0.2) is 0 Å². The molecule has 1 heterocycles. The lowest BCUT2D eigenvalue weighted by Gasteiger charge is -2.33. The van der Waals surface area contributed by atoms with Crippen molar-refractivity contribution in [1.82, 2.24) is 10.2 Å². The molecule has 15 heavy (non-hydrogen) atoms. The van der Waals surface area contributed by atoms with Crippen molar-refractivity contribution in [3.8, 4) is 6.07 Å². The third-order valence-electron chi connectivity index (χ3n) is 3.63. The molecule has 84 valence electrons. The second-order valence-corrected chi connectivity index (χ2v) is 4.88. The number of hydrogen-bond acceptors (Lipinski definition) is 3. The molecule has 2 rings (SSSR count). The first-order valence-electron chi connectivity index (χ1n) is 6.24. The Hall–Kier alpha value is -0.590. The highest BCUT2D eigenvalue weighted by Gasteiger charge is 2.23. The maximum Gasteiger partial charge on any atom is 0.0866 e. The monoisotopic (exact) mass is 207 g/mol. The number of piperidine rings is 1. The van der Waals surface area contributed by atoms with E-state index in [1.165, 1.54) is 38.5 Å². The van der Waals surface area contributed by atoms with Gasteiger partial charge in [-0.1, -0.05) is 12.8 Å². The molecule has 1 saturated carbocycles. The lowest BCUT2D eigenvalue weighted by molar-refractivity contribution is 0.200. The molecule has 0 spiro atoms. The largest absolute Gasteiger partial charge is 0.310 e. The molecule has 1 aliphatic heterocycles. The first kappa shape index (κ1) is 10.9. The van der Waals surface area contributed by atoms with E-state index < -0.39 is 0 Å². The van der Waals surface area contributed by atoms with Crippen molar-refractivity contribution < 1.29 is 0 Å². The quantitative estimate of drug-likeness (QED) is 0.713. The Morgan fingerprint density at radius 3 is 2.60 bits per heavy atom. The second kappa shape index (κ2) is 5.48. The maximum absolute atomic E-state index is 8.68. The molecule has 1 unspecified atom stereocenters. The zero-order chi connectivity index (χ0) is 10.5. The summed E-state index contributed by atoms with van der Waals surface area (Å²) in [6.07, 6.45) is 8.03. The molecule has 0 amide bonds. The highest BCUT2D eigenvalue weighted by Crippen LogP contribution is 2.20. The third kappa shape index (κ3) is 3.19. The van der Waals surface area contributed by atoms with E-state index in [4.69, 9.17) is 5.26 Å². The van der Waals surface area contributed by atoms with Crippen molar-refractivity contribution in [3.05, 3.63) is 0 Å². The van der Waals surface area contributed by atoms with Crippen LogP contribution in [-0.2, 0) is 0 Å². The van der Waals surface area contributed by atoms with E-state index in [1.807, 2.05) is 0 Å². The summed E-state index contributed by atoms with van der Waals surface area (Å²) in [6, 6.07) is 3.65. The minimum atomic E-state index is 0.600. The van der Waals surface area contributed by atoms with E-state index in [1.54, 1.807) is 0 Å². The highest BCUT2D eigenvalue weighted by atomic mass is 15.2. The minimum absolute atomic E-state index is 0.600. The zero-order valence-corrected chi connectivity index (χ0v) is 9.41. The number of rotatable bonds is 3. The number of likely N-dealkylation sites (tertiary alicyclic amines) is 1. The van der Waals surface area contributed by atoms with Gasteiger partial charge in [-0.25, -0.2) is 0 Å². The Labute approximate surface area is 92.4 Å². The van der Waals surface area contributed by atoms with Crippen LogP contribution in [0.2, 0.25) is 0 Å². The summed E-state index contributed by atoms with van der Waals surface area (Å²) in [7, 11) is 0. The van der Waals surface area contributed by atoms with Gasteiger partial charge in [0.1, 0.15) is 0 Å². The first-order valence-corrected chi connectivity index (χ1v) is 6.24. The molecule has 0 aromatic rings. The van der Waals surface area contributed by atoms with Crippen LogP contribution < -0.4 is 5.32 Å². The van der Waals surface area contributed by atoms with Crippen LogP contribution in [0, 0.1) is 11.3 Å². The molecule has 1 N–H and O–H groups in total. The molecule has 0 aromatic carbocycles. The molecule has 0 bridgehead atoms. The molecular weight excluding hydrogens is 186 g/mol. The molecule has 2 aliphatic rings. The van der Waals surface area contributed by atoms with Crippen molar-refractivity contribution in [2.75, 3.05) is 19.6 Å². The first-order chi connectivity index (χ1) is 7.38. The van der Waals surface area contributed by atoms with E-state index in [0.29, 0.717) is 12.6 Å². The molecule has 0 radical (unpaired) electrons. The van der Waals surface area contributed by atoms with Crippen molar-refractivity contribution in [2.24, 2.45) is 0 Å². The van der Waals surface area contributed by atoms with Gasteiger partial charge in [-0.15, -0.1) is 0 Å². The fourth-order valence-electron chi connectivity index (χ4n) is 2.86. The molecule has 3 heteroatoms. The van der Waals surface area contributed by atoms with Gasteiger partial charge in [0.05, 0.1) is 12.6 Å². The molecule has 1 atom stereocenters. The fourth-order valence-corrected chi connectivity index (χ4v) is 2.86. The van der Waals surface area contributed by atoms with Gasteiger partial charge < -0.3 is 5.32 Å². The predicted octanol–water partition coefficient (Wildman–Crippen LogP) is 1.51. The van der Waals surface area contributed by atoms with Crippen molar-refractivity contribution in [2.45, 2.75) is 50.6 Å². The van der Waals surface area contributed by atoms with Crippen LogP contribution in [0.1, 0.15) is 38.5 Å². The molecule has 3 nitrogen and oxygen atoms in total. The van der Waals surface area contributed by atoms with Gasteiger partial charge in [-0.05, 0) is 32.2 Å². The Balaban J connectivity index is 1.74. The third-order valence-corrected chi connectivity index (χ3v) is 3.63. The number of nitriles is 1. The molecule has 1 saturated heterocycles. The van der Waals surface area contributed by atoms with Crippen molar-refractivity contribution in [1.29, 1.82) is 5.26 Å². The Morgan fingerprint density at radius 2 is 1.87 bits per heavy atom. The van der Waals surface area contributed by atoms with Crippen LogP contribution in [0.5, 0.6) is 0 Å². The van der Waals surface area contributed by atoms with Gasteiger partial charge in [-0.3, -0.25) is 4.90 Å². The van der Waals surface area contributed by atoms with Gasteiger partial charge in [-0.2, -0.15) is 5.26 Å². The average Bonchev–Trinajstić information content (AvgIpc) is 2.71. The fraction of sp³-hybridized carbons (Fsp3) is 0.917. The lowest BCUT2D eigenvalue weighted by Crippen LogP contribution is -2.48. The van der Waals surface area contributed by atoms with Crippen LogP contribution in [-0.4, -0.2) is 36.6 Å². The Morgan fingerprint density at radius 1 is 1.13 bits per heavy atom. The van der Waals surface area contributed by atoms with Gasteiger partial charge in [0.25, 0.3) is 0 Å². The van der Waals surface area contributed by atoms with Crippen molar-refractivity contribution >= 4 is 0 Å². The van der Waals surface area contributed by atoms with Gasteiger partial charge in [0, 0.05) is 18.6 Å². The number of hydrogen-bond donors (Lipinski definition) is 1. The molecule has 1 aliphatic carbocycles. The Bertz CT molecular complexity index is 228. The summed E-state index contributed by atoms with van der Waals surface area (Å²) in [4.78, 5) is 2.27. The van der Waals surface area contributed by atoms with Crippen LogP contribution in [0.25, 0.3) is 0 Å². The minimum Gasteiger partial charge on any atom is -0.310 e. The smallest absolute Gasteiger partial charge is 0.0866 e. The predicted molar refractivity (Wildman–Crippen MR) is 60.5 cm³/mol. The van der Waals surface area contributed by atoms with Crippen LogP contribution >= 0.6 is 0 Å². The number of nitrogens with one attached hydrogen (secondary N) is 1. The summed E-state index contributed by atoms with van der Waals surface area (Å²) in [5.41, 5.74) is 0. The van der Waals surface area contributed by atoms with Gasteiger partial charge in [0.15, 0.2) is 0 Å². The van der Waals surface area contributed by atoms with E-state index in [2.05, 4.69) is 16.3 Å². The van der Waals surface area contributed by atoms with Crippen molar-refractivity contribution in [3.63, 3.8) is 0 Å². The maximum atomic E-state index is 8.68. The molecular formula is C12H21N3. The normalized spacial score (nSPS) is 29.1. The second-order valence-electron chi connectivity index (χ2n) is 4.88. The van der Waals surface area contributed by atoms with Crippen LogP contribution in [0.3, 0.4) is 0 Å². The standard InChI is InChI=1S/C12H21N3/c13-7-9-15-8-3-6-12(10-15)14-11-4-1-2-5-11/h11-12,14H,1-6,8-10H2. The summed E-state index contributed by atoms with van der Waals surface area (Å²) in [5.74, 6) is 0. The zero-order valence-electron chi connectivity index (χ0n) is 9.41. The van der Waals surface area contributed by atoms with E-state index in [-0.39, 0.29) is 0 Å². The van der Waals surface area contributed by atoms with Gasteiger partial charge in [0.2, 0.25) is 0 Å². The summed E-state index contributed by atoms with van der Waals surface area (Å²) >= 11 is 0. The molecule has 0 aromatic heterocycles. The van der Waals surface area contributed by atoms with Crippen LogP contribution in [0.4, 0.5) is 0 Å². The van der Waals surface area contributed by atoms with E-state index >= 15 is 0 Å². The molecule has 2 fully saturated rings. The van der Waals surface area contributed by atoms with Gasteiger partial charge >= 0.3 is 0 Å². The Kier molecular flexibility index (Phi) is 3.99. The summed E-state index contributed by atoms with van der Waals surface area (Å²) in [5, 5.41) is 12.4. The highest BCUT2D eigenvalue weighted by molar-refractivity contribution is 4.86. The summed E-state index contributed by atoms with van der Waals surface area (Å²) < 4.78 is 0. The summed E-state index contributed by atoms with van der Waals surface area (Å²) in [6.45, 7) is 2.78.